The van der Waals surface area contributed by atoms with Gasteiger partial charge >= 0.3 is 0 Å². The molecule has 2 aromatic carbocycles. The lowest BCUT2D eigenvalue weighted by Gasteiger charge is -2.34. The largest absolute Gasteiger partial charge is 0.304 e. The quantitative estimate of drug-likeness (QED) is 0.711. The van der Waals surface area contributed by atoms with Crippen LogP contribution in [0.2, 0.25) is 0 Å². The van der Waals surface area contributed by atoms with E-state index in [-0.39, 0.29) is 12.1 Å². The minimum absolute atomic E-state index is 0.250. The number of hydrogen-bond donors (Lipinski definition) is 2. The molecule has 0 spiro atoms. The van der Waals surface area contributed by atoms with Crippen molar-refractivity contribution in [3.63, 3.8) is 0 Å². The maximum absolute atomic E-state index is 3.77. The van der Waals surface area contributed by atoms with Crippen LogP contribution < -0.4 is 10.6 Å². The Hall–Kier alpha value is -2.68. The van der Waals surface area contributed by atoms with Crippen LogP contribution in [0.3, 0.4) is 0 Å². The topological polar surface area (TPSA) is 24.1 Å². The molecule has 0 aliphatic heterocycles. The number of benzene rings is 2. The third kappa shape index (κ3) is 3.93. The highest BCUT2D eigenvalue weighted by atomic mass is 15.0. The van der Waals surface area contributed by atoms with Crippen molar-refractivity contribution in [3.05, 3.63) is 119 Å². The van der Waals surface area contributed by atoms with E-state index in [1.54, 1.807) is 0 Å². The summed E-state index contributed by atoms with van der Waals surface area (Å²) in [5.74, 6) is 0. The molecule has 0 bridgehead atoms. The third-order valence-corrected chi connectivity index (χ3v) is 4.94. The van der Waals surface area contributed by atoms with Crippen molar-refractivity contribution in [2.24, 2.45) is 0 Å². The van der Waals surface area contributed by atoms with Gasteiger partial charge in [0.05, 0.1) is 12.1 Å². The highest BCUT2D eigenvalue weighted by Crippen LogP contribution is 2.24. The summed E-state index contributed by atoms with van der Waals surface area (Å²) >= 11 is 0. The lowest BCUT2D eigenvalue weighted by atomic mass is 9.86. The molecule has 0 heterocycles. The first-order valence-electron chi connectivity index (χ1n) is 9.21. The van der Waals surface area contributed by atoms with Crippen molar-refractivity contribution in [3.8, 4) is 0 Å². The Kier molecular flexibility index (Phi) is 5.25. The first-order chi connectivity index (χ1) is 12.9. The lowest BCUT2D eigenvalue weighted by Crippen LogP contribution is -2.50. The summed E-state index contributed by atoms with van der Waals surface area (Å²) in [4.78, 5) is 0. The monoisotopic (exact) mass is 340 g/mol. The standard InChI is InChI=1S/C24H24N2/c1-3-9-19(10-4-1)17-25-23(21-13-7-14-21)24(22-15-8-16-22)26-18-20-11-5-2-6-12-20/h1-16,23-26H,17-18H2/t23-,24?/m0/s1. The summed E-state index contributed by atoms with van der Waals surface area (Å²) in [7, 11) is 0. The van der Waals surface area contributed by atoms with Crippen LogP contribution in [0.4, 0.5) is 0 Å². The second-order valence-corrected chi connectivity index (χ2v) is 6.74. The van der Waals surface area contributed by atoms with E-state index in [9.17, 15) is 0 Å². The zero-order valence-electron chi connectivity index (χ0n) is 14.8. The molecule has 0 aromatic heterocycles. The number of allylic oxidation sites excluding steroid dienone is 4. The Bertz CT molecular complexity index is 771. The summed E-state index contributed by atoms with van der Waals surface area (Å²) in [6, 6.07) is 21.7. The Morgan fingerprint density at radius 2 is 0.962 bits per heavy atom. The summed E-state index contributed by atoms with van der Waals surface area (Å²) in [5, 5.41) is 7.53. The van der Waals surface area contributed by atoms with Crippen LogP contribution in [0, 0.1) is 0 Å². The van der Waals surface area contributed by atoms with Crippen molar-refractivity contribution >= 4 is 0 Å². The molecular formula is C24H24N2. The van der Waals surface area contributed by atoms with E-state index in [2.05, 4.69) is 108 Å². The normalized spacial score (nSPS) is 16.9. The average molecular weight is 340 g/mol. The Labute approximate surface area is 155 Å². The maximum atomic E-state index is 3.77. The molecule has 0 fully saturated rings. The van der Waals surface area contributed by atoms with E-state index in [1.165, 1.54) is 22.3 Å². The first kappa shape index (κ1) is 16.8. The summed E-state index contributed by atoms with van der Waals surface area (Å²) in [6.07, 6.45) is 13.1. The van der Waals surface area contributed by atoms with Gasteiger partial charge in [-0.3, -0.25) is 0 Å². The van der Waals surface area contributed by atoms with E-state index >= 15 is 0 Å². The maximum Gasteiger partial charge on any atom is 0.0521 e. The van der Waals surface area contributed by atoms with Crippen LogP contribution in [0.1, 0.15) is 11.1 Å². The second kappa shape index (κ2) is 8.13. The second-order valence-electron chi connectivity index (χ2n) is 6.74. The predicted octanol–water partition coefficient (Wildman–Crippen LogP) is 4.30. The predicted molar refractivity (Wildman–Crippen MR) is 109 cm³/mol. The van der Waals surface area contributed by atoms with Gasteiger partial charge in [0.15, 0.2) is 0 Å². The molecule has 0 radical (unpaired) electrons. The van der Waals surface area contributed by atoms with Crippen LogP contribution in [0.25, 0.3) is 0 Å². The molecule has 2 heteroatoms. The van der Waals surface area contributed by atoms with Gasteiger partial charge in [-0.15, -0.1) is 0 Å². The molecule has 130 valence electrons. The van der Waals surface area contributed by atoms with E-state index in [1.807, 2.05) is 0 Å². The molecule has 4 rings (SSSR count). The number of hydrogen-bond acceptors (Lipinski definition) is 2. The van der Waals surface area contributed by atoms with E-state index < -0.39 is 0 Å². The lowest BCUT2D eigenvalue weighted by molar-refractivity contribution is 0.444. The van der Waals surface area contributed by atoms with Crippen molar-refractivity contribution in [2.45, 2.75) is 25.2 Å². The molecule has 2 N–H and O–H groups in total. The Morgan fingerprint density at radius 1 is 0.577 bits per heavy atom. The van der Waals surface area contributed by atoms with Crippen LogP contribution in [0.15, 0.2) is 108 Å². The van der Waals surface area contributed by atoms with Crippen LogP contribution in [0.5, 0.6) is 0 Å². The highest BCUT2D eigenvalue weighted by molar-refractivity contribution is 5.47. The minimum atomic E-state index is 0.250. The van der Waals surface area contributed by atoms with Gasteiger partial charge in [-0.25, -0.2) is 0 Å². The Morgan fingerprint density at radius 3 is 1.27 bits per heavy atom. The first-order valence-corrected chi connectivity index (χ1v) is 9.21. The van der Waals surface area contributed by atoms with Crippen molar-refractivity contribution in [1.82, 2.24) is 10.6 Å². The van der Waals surface area contributed by atoms with Gasteiger partial charge in [0.2, 0.25) is 0 Å². The fourth-order valence-electron chi connectivity index (χ4n) is 3.33. The fourth-order valence-corrected chi connectivity index (χ4v) is 3.33. The van der Waals surface area contributed by atoms with Crippen molar-refractivity contribution in [2.75, 3.05) is 0 Å². The van der Waals surface area contributed by atoms with Gasteiger partial charge in [0.1, 0.15) is 0 Å². The summed E-state index contributed by atoms with van der Waals surface area (Å²) in [5.41, 5.74) is 5.32. The van der Waals surface area contributed by atoms with Crippen LogP contribution >= 0.6 is 0 Å². The molecule has 0 amide bonds. The molecule has 2 aliphatic rings. The van der Waals surface area contributed by atoms with Crippen LogP contribution in [-0.2, 0) is 13.1 Å². The number of nitrogens with one attached hydrogen (secondary N) is 2. The molecule has 2 atom stereocenters. The van der Waals surface area contributed by atoms with E-state index in [0.717, 1.165) is 13.1 Å². The molecule has 26 heavy (non-hydrogen) atoms. The summed E-state index contributed by atoms with van der Waals surface area (Å²) in [6.45, 7) is 1.72. The van der Waals surface area contributed by atoms with Gasteiger partial charge in [-0.2, -0.15) is 0 Å². The van der Waals surface area contributed by atoms with Gasteiger partial charge in [0.25, 0.3) is 0 Å². The molecule has 0 saturated heterocycles. The highest BCUT2D eigenvalue weighted by Gasteiger charge is 2.28. The molecule has 2 nitrogen and oxygen atoms in total. The fraction of sp³-hybridized carbons (Fsp3) is 0.167. The SMILES string of the molecule is C1=CC(C(NCc2ccccc2)[C@@H](NCc2ccccc2)C2=CC=C2)=C1. The summed E-state index contributed by atoms with van der Waals surface area (Å²) < 4.78 is 0. The zero-order chi connectivity index (χ0) is 17.6. The van der Waals surface area contributed by atoms with E-state index in [0.29, 0.717) is 0 Å². The smallest absolute Gasteiger partial charge is 0.0521 e. The van der Waals surface area contributed by atoms with Gasteiger partial charge in [-0.1, -0.05) is 97.1 Å². The third-order valence-electron chi connectivity index (χ3n) is 4.94. The van der Waals surface area contributed by atoms with Gasteiger partial charge in [0, 0.05) is 13.1 Å². The number of rotatable bonds is 9. The van der Waals surface area contributed by atoms with Crippen molar-refractivity contribution in [1.29, 1.82) is 0 Å². The molecular weight excluding hydrogens is 316 g/mol. The molecule has 2 aliphatic carbocycles. The molecule has 1 unspecified atom stereocenters. The van der Waals surface area contributed by atoms with Gasteiger partial charge in [-0.05, 0) is 22.3 Å². The van der Waals surface area contributed by atoms with E-state index in [4.69, 9.17) is 0 Å². The van der Waals surface area contributed by atoms with Gasteiger partial charge < -0.3 is 10.6 Å². The van der Waals surface area contributed by atoms with Crippen LogP contribution in [-0.4, -0.2) is 12.1 Å². The zero-order valence-corrected chi connectivity index (χ0v) is 14.8. The average Bonchev–Trinajstić information content (AvgIpc) is 2.60. The molecule has 0 saturated carbocycles. The molecule has 2 aromatic rings. The minimum Gasteiger partial charge on any atom is -0.304 e. The van der Waals surface area contributed by atoms with Crippen molar-refractivity contribution < 1.29 is 0 Å². The Balaban J connectivity index is 1.48.